The minimum atomic E-state index is -0.525. The molecule has 2 N–H and O–H groups in total. The van der Waals surface area contributed by atoms with Crippen LogP contribution in [0.2, 0.25) is 0 Å². The summed E-state index contributed by atoms with van der Waals surface area (Å²) in [5, 5.41) is 3.80. The molecule has 5 rings (SSSR count). The number of amides is 2. The molecule has 2 amide bonds. The summed E-state index contributed by atoms with van der Waals surface area (Å²) in [6.45, 7) is 1.79. The quantitative estimate of drug-likeness (QED) is 0.502. The molecule has 1 saturated heterocycles. The number of fused-ring (bicyclic) bond motifs is 1. The van der Waals surface area contributed by atoms with E-state index in [0.717, 1.165) is 16.5 Å². The molecule has 0 saturated carbocycles. The lowest BCUT2D eigenvalue weighted by atomic mass is 10.1. The first-order valence-electron chi connectivity index (χ1n) is 9.89. The third kappa shape index (κ3) is 3.70. The van der Waals surface area contributed by atoms with Gasteiger partial charge in [-0.25, -0.2) is 4.98 Å². The predicted octanol–water partition coefficient (Wildman–Crippen LogP) is 4.29. The van der Waals surface area contributed by atoms with Gasteiger partial charge in [0, 0.05) is 41.0 Å². The van der Waals surface area contributed by atoms with Crippen molar-refractivity contribution in [2.75, 3.05) is 16.9 Å². The van der Waals surface area contributed by atoms with Gasteiger partial charge in [0.05, 0.1) is 17.6 Å². The molecular weight excluding hydrogens is 412 g/mol. The first-order valence-corrected chi connectivity index (χ1v) is 11.0. The van der Waals surface area contributed by atoms with Crippen molar-refractivity contribution >= 4 is 40.2 Å². The number of hydrogen-bond donors (Lipinski definition) is 2. The molecule has 1 atom stereocenters. The van der Waals surface area contributed by atoms with Crippen LogP contribution in [-0.2, 0) is 4.79 Å². The van der Waals surface area contributed by atoms with Gasteiger partial charge in [-0.15, -0.1) is 11.8 Å². The number of aromatic amines is 1. The first-order chi connectivity index (χ1) is 15.1. The van der Waals surface area contributed by atoms with Crippen LogP contribution in [0.1, 0.15) is 16.2 Å². The fraction of sp³-hybridized carbons (Fsp3) is 0.174. The Labute approximate surface area is 182 Å². The Morgan fingerprint density at radius 3 is 2.77 bits per heavy atom. The highest BCUT2D eigenvalue weighted by Crippen LogP contribution is 2.28. The summed E-state index contributed by atoms with van der Waals surface area (Å²) < 4.78 is 5.53. The Kier molecular flexibility index (Phi) is 4.99. The van der Waals surface area contributed by atoms with Gasteiger partial charge in [0.2, 0.25) is 5.91 Å². The molecule has 3 heterocycles. The van der Waals surface area contributed by atoms with E-state index in [1.54, 1.807) is 36.0 Å². The van der Waals surface area contributed by atoms with Crippen LogP contribution in [0.15, 0.2) is 65.3 Å². The number of aryl methyl sites for hydroxylation is 1. The van der Waals surface area contributed by atoms with Gasteiger partial charge in [0.25, 0.3) is 5.91 Å². The molecular formula is C23H20N4O3S. The standard InChI is InChI=1S/C23H20N4O3S/c1-14-24-11-21(30-14)15-6-8-16(9-7-15)26-22(28)20-12-31-13-27(20)23(29)18-10-25-19-5-3-2-4-17(18)19/h2-11,20,25H,12-13H2,1H3,(H,26,28)/t20-/m0/s1. The number of para-hydroxylation sites is 1. The number of carbonyl (C=O) groups excluding carboxylic acids is 2. The van der Waals surface area contributed by atoms with Gasteiger partial charge in [-0.1, -0.05) is 18.2 Å². The van der Waals surface area contributed by atoms with E-state index in [4.69, 9.17) is 4.42 Å². The summed E-state index contributed by atoms with van der Waals surface area (Å²) in [4.78, 5) is 35.0. The highest BCUT2D eigenvalue weighted by Gasteiger charge is 2.36. The Balaban J connectivity index is 1.31. The Bertz CT molecular complexity index is 1260. The van der Waals surface area contributed by atoms with Crippen LogP contribution >= 0.6 is 11.8 Å². The van der Waals surface area contributed by atoms with Crippen molar-refractivity contribution in [3.63, 3.8) is 0 Å². The zero-order valence-corrected chi connectivity index (χ0v) is 17.6. The molecule has 4 aromatic rings. The molecule has 31 heavy (non-hydrogen) atoms. The van der Waals surface area contributed by atoms with Crippen LogP contribution in [0.5, 0.6) is 0 Å². The maximum Gasteiger partial charge on any atom is 0.257 e. The Hall–Kier alpha value is -3.52. The molecule has 1 aliphatic heterocycles. The number of carbonyl (C=O) groups is 2. The van der Waals surface area contributed by atoms with E-state index in [0.29, 0.717) is 34.5 Å². The Morgan fingerprint density at radius 1 is 1.19 bits per heavy atom. The maximum atomic E-state index is 13.2. The average molecular weight is 433 g/mol. The zero-order chi connectivity index (χ0) is 21.4. The molecule has 2 aromatic carbocycles. The average Bonchev–Trinajstić information content (AvgIpc) is 3.53. The van der Waals surface area contributed by atoms with Crippen molar-refractivity contribution in [2.24, 2.45) is 0 Å². The SMILES string of the molecule is Cc1ncc(-c2ccc(NC(=O)[C@@H]3CSCN3C(=O)c3c[nH]c4ccccc34)cc2)o1. The van der Waals surface area contributed by atoms with Crippen molar-refractivity contribution in [3.8, 4) is 11.3 Å². The van der Waals surface area contributed by atoms with E-state index >= 15 is 0 Å². The molecule has 156 valence electrons. The lowest BCUT2D eigenvalue weighted by Gasteiger charge is -2.23. The highest BCUT2D eigenvalue weighted by molar-refractivity contribution is 7.99. The maximum absolute atomic E-state index is 13.2. The fourth-order valence-corrected chi connectivity index (χ4v) is 4.86. The second kappa shape index (κ2) is 7.96. The molecule has 8 heteroatoms. The van der Waals surface area contributed by atoms with Crippen LogP contribution in [0.3, 0.4) is 0 Å². The van der Waals surface area contributed by atoms with E-state index < -0.39 is 6.04 Å². The topological polar surface area (TPSA) is 91.2 Å². The van der Waals surface area contributed by atoms with Crippen LogP contribution in [0, 0.1) is 6.92 Å². The van der Waals surface area contributed by atoms with Gasteiger partial charge in [-0.05, 0) is 30.3 Å². The number of nitrogens with zero attached hydrogens (tertiary/aromatic N) is 2. The third-order valence-corrected chi connectivity index (χ3v) is 6.34. The van der Waals surface area contributed by atoms with Crippen LogP contribution in [0.4, 0.5) is 5.69 Å². The van der Waals surface area contributed by atoms with Gasteiger partial charge in [-0.3, -0.25) is 9.59 Å². The van der Waals surface area contributed by atoms with Gasteiger partial charge < -0.3 is 19.6 Å². The number of H-pyrrole nitrogens is 1. The molecule has 0 radical (unpaired) electrons. The van der Waals surface area contributed by atoms with Gasteiger partial charge in [0.1, 0.15) is 6.04 Å². The zero-order valence-electron chi connectivity index (χ0n) is 16.8. The van der Waals surface area contributed by atoms with E-state index in [9.17, 15) is 9.59 Å². The van der Waals surface area contributed by atoms with Gasteiger partial charge in [-0.2, -0.15) is 0 Å². The second-order valence-corrected chi connectivity index (χ2v) is 8.35. The minimum Gasteiger partial charge on any atom is -0.441 e. The number of anilines is 1. The number of benzene rings is 2. The molecule has 2 aromatic heterocycles. The summed E-state index contributed by atoms with van der Waals surface area (Å²) >= 11 is 1.58. The van der Waals surface area contributed by atoms with Crippen molar-refractivity contribution in [1.29, 1.82) is 0 Å². The number of nitrogens with one attached hydrogen (secondary N) is 2. The van der Waals surface area contributed by atoms with Crippen LogP contribution < -0.4 is 5.32 Å². The predicted molar refractivity (Wildman–Crippen MR) is 121 cm³/mol. The van der Waals surface area contributed by atoms with E-state index in [1.807, 2.05) is 48.5 Å². The van der Waals surface area contributed by atoms with Crippen molar-refractivity contribution in [2.45, 2.75) is 13.0 Å². The molecule has 0 spiro atoms. The second-order valence-electron chi connectivity index (χ2n) is 7.35. The largest absolute Gasteiger partial charge is 0.441 e. The van der Waals surface area contributed by atoms with Gasteiger partial charge in [0.15, 0.2) is 11.7 Å². The van der Waals surface area contributed by atoms with Crippen LogP contribution in [-0.4, -0.2) is 44.4 Å². The van der Waals surface area contributed by atoms with Crippen molar-refractivity contribution < 1.29 is 14.0 Å². The molecule has 7 nitrogen and oxygen atoms in total. The number of oxazole rings is 1. The summed E-state index contributed by atoms with van der Waals surface area (Å²) in [5.41, 5.74) is 3.04. The normalized spacial score (nSPS) is 16.0. The van der Waals surface area contributed by atoms with E-state index in [1.165, 1.54) is 0 Å². The molecule has 0 unspecified atom stereocenters. The molecule has 1 fully saturated rings. The van der Waals surface area contributed by atoms with E-state index in [-0.39, 0.29) is 11.8 Å². The summed E-state index contributed by atoms with van der Waals surface area (Å²) in [6.07, 6.45) is 3.39. The number of rotatable bonds is 4. The molecule has 0 aliphatic carbocycles. The van der Waals surface area contributed by atoms with Crippen molar-refractivity contribution in [1.82, 2.24) is 14.9 Å². The van der Waals surface area contributed by atoms with Gasteiger partial charge >= 0.3 is 0 Å². The van der Waals surface area contributed by atoms with Crippen LogP contribution in [0.25, 0.3) is 22.2 Å². The summed E-state index contributed by atoms with van der Waals surface area (Å²) in [7, 11) is 0. The number of thioether (sulfide) groups is 1. The Morgan fingerprint density at radius 2 is 2.00 bits per heavy atom. The fourth-order valence-electron chi connectivity index (χ4n) is 3.70. The minimum absolute atomic E-state index is 0.140. The van der Waals surface area contributed by atoms with Crippen molar-refractivity contribution in [3.05, 3.63) is 72.4 Å². The summed E-state index contributed by atoms with van der Waals surface area (Å²) in [6, 6.07) is 14.5. The third-order valence-electron chi connectivity index (χ3n) is 5.32. The highest BCUT2D eigenvalue weighted by atomic mass is 32.2. The first kappa shape index (κ1) is 19.4. The number of aromatic nitrogens is 2. The summed E-state index contributed by atoms with van der Waals surface area (Å²) in [5.74, 6) is 2.00. The van der Waals surface area contributed by atoms with E-state index in [2.05, 4.69) is 15.3 Å². The molecule has 1 aliphatic rings. The number of hydrogen-bond acceptors (Lipinski definition) is 5. The lowest BCUT2D eigenvalue weighted by molar-refractivity contribution is -0.119. The smallest absolute Gasteiger partial charge is 0.257 e. The monoisotopic (exact) mass is 432 g/mol. The molecule has 0 bridgehead atoms. The lowest BCUT2D eigenvalue weighted by Crippen LogP contribution is -2.44.